The molecule has 0 aromatic carbocycles. The first-order chi connectivity index (χ1) is 3.31. The number of aliphatic hydroxyl groups is 1. The van der Waals surface area contributed by atoms with Gasteiger partial charge in [-0.15, -0.1) is 0 Å². The van der Waals surface area contributed by atoms with Crippen LogP contribution in [0.5, 0.6) is 0 Å². The summed E-state index contributed by atoms with van der Waals surface area (Å²) < 4.78 is 9.15. The summed E-state index contributed by atoms with van der Waals surface area (Å²) in [4.78, 5) is 0. The molecule has 1 N–H and O–H groups in total. The van der Waals surface area contributed by atoms with E-state index in [1.165, 1.54) is 6.26 Å². The minimum Gasteiger partial charge on any atom is -0.445 e. The molecule has 2 aliphatic rings. The Labute approximate surface area is 40.2 Å². The molecule has 3 nitrogen and oxygen atoms in total. The van der Waals surface area contributed by atoms with E-state index in [4.69, 9.17) is 5.11 Å². The van der Waals surface area contributed by atoms with Crippen LogP contribution in [-0.4, -0.2) is 17.2 Å². The van der Waals surface area contributed by atoms with Gasteiger partial charge in [-0.3, -0.25) is 4.74 Å². The van der Waals surface area contributed by atoms with Gasteiger partial charge in [-0.05, 0) is 6.08 Å². The van der Waals surface area contributed by atoms with E-state index in [2.05, 4.69) is 9.47 Å². The molecule has 2 rings (SSSR count). The van der Waals surface area contributed by atoms with Crippen LogP contribution in [0, 0.1) is 0 Å². The second-order valence-electron chi connectivity index (χ2n) is 1.62. The second-order valence-corrected chi connectivity index (χ2v) is 1.62. The zero-order valence-corrected chi connectivity index (χ0v) is 3.50. The maximum absolute atomic E-state index is 8.76. The van der Waals surface area contributed by atoms with Gasteiger partial charge in [0.05, 0.1) is 6.26 Å². The lowest BCUT2D eigenvalue weighted by molar-refractivity contribution is -0.153. The van der Waals surface area contributed by atoms with Crippen molar-refractivity contribution in [2.24, 2.45) is 0 Å². The van der Waals surface area contributed by atoms with Gasteiger partial charge in [-0.25, -0.2) is 0 Å². The molecule has 3 heteroatoms. The van der Waals surface area contributed by atoms with E-state index in [0.29, 0.717) is 0 Å². The summed E-state index contributed by atoms with van der Waals surface area (Å²) in [5.74, 6) is -1.25. The summed E-state index contributed by atoms with van der Waals surface area (Å²) in [5.41, 5.74) is 0. The molecule has 1 saturated heterocycles. The molecular weight excluding hydrogens is 96.0 g/mol. The average Bonchev–Trinajstić information content (AvgIpc) is 2.09. The minimum absolute atomic E-state index is 0.188. The van der Waals surface area contributed by atoms with Crippen molar-refractivity contribution in [1.82, 2.24) is 0 Å². The van der Waals surface area contributed by atoms with Crippen LogP contribution in [0.1, 0.15) is 0 Å². The highest BCUT2D eigenvalue weighted by Gasteiger charge is 2.60. The van der Waals surface area contributed by atoms with Gasteiger partial charge in [-0.2, -0.15) is 0 Å². The fourth-order valence-corrected chi connectivity index (χ4v) is 0.612. The van der Waals surface area contributed by atoms with Gasteiger partial charge < -0.3 is 9.84 Å². The Morgan fingerprint density at radius 3 is 2.71 bits per heavy atom. The van der Waals surface area contributed by atoms with Gasteiger partial charge in [0.1, 0.15) is 0 Å². The SMILES string of the molecule is O[C@@]12OC=CC1O2. The number of hydrogen-bond donors (Lipinski definition) is 1. The van der Waals surface area contributed by atoms with Crippen LogP contribution in [-0.2, 0) is 9.47 Å². The Hall–Kier alpha value is -0.540. The molecule has 0 bridgehead atoms. The highest BCUT2D eigenvalue weighted by molar-refractivity contribution is 5.07. The van der Waals surface area contributed by atoms with Crippen LogP contribution in [0.25, 0.3) is 0 Å². The number of rotatable bonds is 0. The number of ether oxygens (including phenoxy) is 2. The smallest absolute Gasteiger partial charge is 0.357 e. The Kier molecular flexibility index (Phi) is 0.346. The van der Waals surface area contributed by atoms with Crippen LogP contribution < -0.4 is 0 Å². The van der Waals surface area contributed by atoms with Gasteiger partial charge in [0, 0.05) is 0 Å². The predicted molar refractivity (Wildman–Crippen MR) is 20.0 cm³/mol. The third-order valence-electron chi connectivity index (χ3n) is 1.09. The van der Waals surface area contributed by atoms with Gasteiger partial charge in [0.25, 0.3) is 0 Å². The molecule has 1 fully saturated rings. The van der Waals surface area contributed by atoms with Crippen molar-refractivity contribution in [3.63, 3.8) is 0 Å². The van der Waals surface area contributed by atoms with Crippen molar-refractivity contribution in [1.29, 1.82) is 0 Å². The summed E-state index contributed by atoms with van der Waals surface area (Å²) in [5, 5.41) is 8.76. The van der Waals surface area contributed by atoms with E-state index < -0.39 is 5.97 Å². The number of epoxide rings is 1. The summed E-state index contributed by atoms with van der Waals surface area (Å²) in [6.07, 6.45) is 2.92. The molecule has 2 heterocycles. The molecule has 0 aromatic rings. The van der Waals surface area contributed by atoms with Gasteiger partial charge >= 0.3 is 5.97 Å². The van der Waals surface area contributed by atoms with Crippen LogP contribution in [0.2, 0.25) is 0 Å². The third kappa shape index (κ3) is 0.273. The van der Waals surface area contributed by atoms with Crippen LogP contribution in [0.4, 0.5) is 0 Å². The van der Waals surface area contributed by atoms with Crippen molar-refractivity contribution >= 4 is 0 Å². The highest BCUT2D eigenvalue weighted by atomic mass is 16.9. The Bertz CT molecular complexity index is 131. The number of hydrogen-bond acceptors (Lipinski definition) is 3. The molecule has 0 spiro atoms. The molecule has 2 aliphatic heterocycles. The van der Waals surface area contributed by atoms with Gasteiger partial charge in [-0.1, -0.05) is 0 Å². The van der Waals surface area contributed by atoms with Crippen LogP contribution in [0.3, 0.4) is 0 Å². The van der Waals surface area contributed by atoms with E-state index in [9.17, 15) is 0 Å². The maximum Gasteiger partial charge on any atom is 0.357 e. The first kappa shape index (κ1) is 3.46. The molecule has 0 amide bonds. The predicted octanol–water partition coefficient (Wildman–Crippen LogP) is -0.425. The van der Waals surface area contributed by atoms with Crippen molar-refractivity contribution in [2.75, 3.05) is 0 Å². The lowest BCUT2D eigenvalue weighted by Gasteiger charge is -1.95. The molecule has 0 aliphatic carbocycles. The lowest BCUT2D eigenvalue weighted by Crippen LogP contribution is -2.09. The molecule has 38 valence electrons. The summed E-state index contributed by atoms with van der Waals surface area (Å²) in [6.45, 7) is 0. The van der Waals surface area contributed by atoms with E-state index in [0.717, 1.165) is 0 Å². The highest BCUT2D eigenvalue weighted by Crippen LogP contribution is 2.40. The number of fused-ring (bicyclic) bond motifs is 1. The van der Waals surface area contributed by atoms with E-state index in [1.54, 1.807) is 6.08 Å². The molecule has 2 atom stereocenters. The van der Waals surface area contributed by atoms with Crippen LogP contribution >= 0.6 is 0 Å². The van der Waals surface area contributed by atoms with E-state index in [-0.39, 0.29) is 6.10 Å². The van der Waals surface area contributed by atoms with Crippen molar-refractivity contribution < 1.29 is 14.6 Å². The summed E-state index contributed by atoms with van der Waals surface area (Å²) in [7, 11) is 0. The Morgan fingerprint density at radius 1 is 1.71 bits per heavy atom. The monoisotopic (exact) mass is 100 g/mol. The van der Waals surface area contributed by atoms with Crippen molar-refractivity contribution in [3.8, 4) is 0 Å². The molecule has 7 heavy (non-hydrogen) atoms. The van der Waals surface area contributed by atoms with E-state index >= 15 is 0 Å². The van der Waals surface area contributed by atoms with Crippen molar-refractivity contribution in [3.05, 3.63) is 12.3 Å². The Balaban J connectivity index is 2.28. The summed E-state index contributed by atoms with van der Waals surface area (Å²) >= 11 is 0. The average molecular weight is 100 g/mol. The fourth-order valence-electron chi connectivity index (χ4n) is 0.612. The normalized spacial score (nSPS) is 53.6. The zero-order valence-electron chi connectivity index (χ0n) is 3.50. The standard InChI is InChI=1S/C4H4O3/c5-4-3(7-4)1-2-6-4/h1-3,5H/t3?,4-/m1/s1. The Morgan fingerprint density at radius 2 is 2.57 bits per heavy atom. The lowest BCUT2D eigenvalue weighted by atomic mass is 10.4. The molecule has 0 aromatic heterocycles. The van der Waals surface area contributed by atoms with E-state index in [1.807, 2.05) is 0 Å². The summed E-state index contributed by atoms with van der Waals surface area (Å²) in [6, 6.07) is 0. The topological polar surface area (TPSA) is 42.0 Å². The second kappa shape index (κ2) is 0.700. The maximum atomic E-state index is 8.76. The van der Waals surface area contributed by atoms with Gasteiger partial charge in [0.2, 0.25) is 0 Å². The van der Waals surface area contributed by atoms with Gasteiger partial charge in [0.15, 0.2) is 6.10 Å². The molecule has 1 unspecified atom stereocenters. The molecule has 0 radical (unpaired) electrons. The quantitative estimate of drug-likeness (QED) is 0.420. The minimum atomic E-state index is -1.25. The first-order valence-electron chi connectivity index (χ1n) is 2.06. The fraction of sp³-hybridized carbons (Fsp3) is 0.500. The molecule has 0 saturated carbocycles. The third-order valence-corrected chi connectivity index (χ3v) is 1.09. The zero-order chi connectivity index (χ0) is 4.91. The molecular formula is C4H4O3. The van der Waals surface area contributed by atoms with Crippen molar-refractivity contribution in [2.45, 2.75) is 12.1 Å². The first-order valence-corrected chi connectivity index (χ1v) is 2.06. The largest absolute Gasteiger partial charge is 0.445 e. The van der Waals surface area contributed by atoms with Crippen LogP contribution in [0.15, 0.2) is 12.3 Å².